The van der Waals surface area contributed by atoms with Crippen LogP contribution in [0.1, 0.15) is 0 Å². The third-order valence-corrected chi connectivity index (χ3v) is 13.5. The molecule has 0 saturated carbocycles. The standard InChI is InChI=1S/C60H35NO/c1-2-12-40(13-3-1)61-55-21-11-10-20-50(55)60-56(61)29-28-48-44-17-7-9-19-46(44)52-33-37(23-27-49(52)59(48)60)39-25-31-58-54(35-39)53-34-38(24-30-57(53)62-58)36-22-26-47-43-16-5-4-14-41(43)42-15-6-8-18-45(42)51(47)32-36/h1-35H. The van der Waals surface area contributed by atoms with Gasteiger partial charge in [0.1, 0.15) is 11.2 Å². The van der Waals surface area contributed by atoms with Gasteiger partial charge in [0.15, 0.2) is 0 Å². The molecule has 62 heavy (non-hydrogen) atoms. The molecule has 0 unspecified atom stereocenters. The first-order valence-corrected chi connectivity index (χ1v) is 21.4. The van der Waals surface area contributed by atoms with Crippen LogP contribution in [0, 0.1) is 0 Å². The fourth-order valence-corrected chi connectivity index (χ4v) is 10.8. The van der Waals surface area contributed by atoms with Crippen molar-refractivity contribution in [3.8, 4) is 27.9 Å². The van der Waals surface area contributed by atoms with Crippen molar-refractivity contribution >= 4 is 108 Å². The summed E-state index contributed by atoms with van der Waals surface area (Å²) in [6.45, 7) is 0. The van der Waals surface area contributed by atoms with Gasteiger partial charge in [-0.2, -0.15) is 0 Å². The molecule has 0 aliphatic heterocycles. The van der Waals surface area contributed by atoms with Crippen LogP contribution in [0.5, 0.6) is 0 Å². The van der Waals surface area contributed by atoms with Gasteiger partial charge in [0, 0.05) is 32.6 Å². The third-order valence-electron chi connectivity index (χ3n) is 13.5. The van der Waals surface area contributed by atoms with Crippen LogP contribution >= 0.6 is 0 Å². The maximum Gasteiger partial charge on any atom is 0.135 e. The Morgan fingerprint density at radius 2 is 0.629 bits per heavy atom. The van der Waals surface area contributed by atoms with Gasteiger partial charge in [0.2, 0.25) is 0 Å². The fraction of sp³-hybridized carbons (Fsp3) is 0. The lowest BCUT2D eigenvalue weighted by Gasteiger charge is -2.14. The van der Waals surface area contributed by atoms with Crippen molar-refractivity contribution < 1.29 is 4.42 Å². The largest absolute Gasteiger partial charge is 0.456 e. The van der Waals surface area contributed by atoms with E-state index in [1.165, 1.54) is 114 Å². The molecule has 286 valence electrons. The lowest BCUT2D eigenvalue weighted by Crippen LogP contribution is -1.93. The summed E-state index contributed by atoms with van der Waals surface area (Å²) < 4.78 is 8.91. The zero-order valence-electron chi connectivity index (χ0n) is 33.6. The number of hydrogen-bond donors (Lipinski definition) is 0. The van der Waals surface area contributed by atoms with Crippen molar-refractivity contribution in [1.82, 2.24) is 4.57 Å². The molecule has 0 saturated heterocycles. The van der Waals surface area contributed by atoms with Crippen LogP contribution in [0.4, 0.5) is 0 Å². The molecule has 12 aromatic carbocycles. The summed E-state index contributed by atoms with van der Waals surface area (Å²) in [4.78, 5) is 0. The van der Waals surface area contributed by atoms with E-state index in [0.717, 1.165) is 21.9 Å². The maximum atomic E-state index is 6.49. The second-order valence-corrected chi connectivity index (χ2v) is 16.8. The van der Waals surface area contributed by atoms with Gasteiger partial charge < -0.3 is 8.98 Å². The number of rotatable bonds is 3. The van der Waals surface area contributed by atoms with Crippen LogP contribution in [0.25, 0.3) is 136 Å². The first-order chi connectivity index (χ1) is 30.7. The van der Waals surface area contributed by atoms with E-state index in [2.05, 4.69) is 217 Å². The van der Waals surface area contributed by atoms with Gasteiger partial charge in [-0.3, -0.25) is 0 Å². The molecule has 0 fully saturated rings. The van der Waals surface area contributed by atoms with Gasteiger partial charge in [-0.1, -0.05) is 152 Å². The molecule has 2 heteroatoms. The quantitative estimate of drug-likeness (QED) is 0.163. The van der Waals surface area contributed by atoms with Crippen molar-refractivity contribution in [1.29, 1.82) is 0 Å². The lowest BCUT2D eigenvalue weighted by molar-refractivity contribution is 0.669. The molecule has 0 atom stereocenters. The first kappa shape index (κ1) is 33.6. The van der Waals surface area contributed by atoms with E-state index in [1.807, 2.05) is 0 Å². The molecular weight excluding hydrogens is 751 g/mol. The first-order valence-electron chi connectivity index (χ1n) is 21.4. The van der Waals surface area contributed by atoms with Gasteiger partial charge in [-0.05, 0) is 142 Å². The summed E-state index contributed by atoms with van der Waals surface area (Å²) in [5.41, 5.74) is 10.1. The maximum absolute atomic E-state index is 6.49. The molecule has 2 aromatic heterocycles. The van der Waals surface area contributed by atoms with Crippen LogP contribution in [-0.4, -0.2) is 4.57 Å². The highest BCUT2D eigenvalue weighted by Crippen LogP contribution is 2.45. The SMILES string of the molecule is c1ccc(-n2c3ccccc3c3c4c(ccc32)c2ccccc2c2cc(-c3ccc5oc6ccc(-c7ccc8c9ccccc9c9ccccc9c8c7)cc6c5c3)ccc24)cc1. The average molecular weight is 786 g/mol. The molecule has 0 N–H and O–H groups in total. The summed E-state index contributed by atoms with van der Waals surface area (Å²) in [5, 5.41) is 20.1. The summed E-state index contributed by atoms with van der Waals surface area (Å²) in [6.07, 6.45) is 0. The zero-order valence-corrected chi connectivity index (χ0v) is 33.6. The minimum absolute atomic E-state index is 0.895. The summed E-state index contributed by atoms with van der Waals surface area (Å²) in [5.74, 6) is 0. The lowest BCUT2D eigenvalue weighted by atomic mass is 9.90. The van der Waals surface area contributed by atoms with Gasteiger partial charge in [0.05, 0.1) is 11.0 Å². The van der Waals surface area contributed by atoms with E-state index in [1.54, 1.807) is 0 Å². The number of fused-ring (bicyclic) bond motifs is 19. The molecule has 0 bridgehead atoms. The Bertz CT molecular complexity index is 4170. The predicted molar refractivity (Wildman–Crippen MR) is 264 cm³/mol. The molecule has 0 amide bonds. The Hall–Kier alpha value is -8.20. The number of furan rings is 1. The predicted octanol–water partition coefficient (Wildman–Crippen LogP) is 16.9. The highest BCUT2D eigenvalue weighted by Gasteiger charge is 2.19. The van der Waals surface area contributed by atoms with Crippen molar-refractivity contribution in [3.05, 3.63) is 212 Å². The number of nitrogens with zero attached hydrogens (tertiary/aromatic N) is 1. The highest BCUT2D eigenvalue weighted by molar-refractivity contribution is 6.35. The van der Waals surface area contributed by atoms with Gasteiger partial charge >= 0.3 is 0 Å². The molecule has 0 aliphatic rings. The zero-order chi connectivity index (χ0) is 40.5. The number of para-hydroxylation sites is 2. The van der Waals surface area contributed by atoms with Crippen molar-refractivity contribution in [3.63, 3.8) is 0 Å². The smallest absolute Gasteiger partial charge is 0.135 e. The topological polar surface area (TPSA) is 18.1 Å². The van der Waals surface area contributed by atoms with Crippen molar-refractivity contribution in [2.45, 2.75) is 0 Å². The molecule has 0 aliphatic carbocycles. The molecular formula is C60H35NO. The third kappa shape index (κ3) is 4.69. The molecule has 0 spiro atoms. The summed E-state index contributed by atoms with van der Waals surface area (Å²) in [7, 11) is 0. The molecule has 14 rings (SSSR count). The van der Waals surface area contributed by atoms with Crippen LogP contribution in [0.3, 0.4) is 0 Å². The van der Waals surface area contributed by atoms with Crippen LogP contribution in [-0.2, 0) is 0 Å². The van der Waals surface area contributed by atoms with E-state index in [4.69, 9.17) is 4.42 Å². The Morgan fingerprint density at radius 3 is 1.21 bits per heavy atom. The Balaban J connectivity index is 0.957. The van der Waals surface area contributed by atoms with Gasteiger partial charge in [-0.15, -0.1) is 0 Å². The fourth-order valence-electron chi connectivity index (χ4n) is 10.8. The van der Waals surface area contributed by atoms with Crippen LogP contribution < -0.4 is 0 Å². The second-order valence-electron chi connectivity index (χ2n) is 16.8. The van der Waals surface area contributed by atoms with E-state index < -0.39 is 0 Å². The van der Waals surface area contributed by atoms with Crippen molar-refractivity contribution in [2.24, 2.45) is 0 Å². The Labute approximate surface area is 356 Å². The minimum Gasteiger partial charge on any atom is -0.456 e. The number of benzene rings is 12. The average Bonchev–Trinajstić information content (AvgIpc) is 3.89. The highest BCUT2D eigenvalue weighted by atomic mass is 16.3. The minimum atomic E-state index is 0.895. The molecule has 14 aromatic rings. The van der Waals surface area contributed by atoms with E-state index in [0.29, 0.717) is 0 Å². The van der Waals surface area contributed by atoms with Crippen molar-refractivity contribution in [2.75, 3.05) is 0 Å². The molecule has 2 nitrogen and oxygen atoms in total. The van der Waals surface area contributed by atoms with Gasteiger partial charge in [-0.25, -0.2) is 0 Å². The van der Waals surface area contributed by atoms with E-state index >= 15 is 0 Å². The van der Waals surface area contributed by atoms with E-state index in [-0.39, 0.29) is 0 Å². The van der Waals surface area contributed by atoms with Gasteiger partial charge in [0.25, 0.3) is 0 Å². The van der Waals surface area contributed by atoms with Crippen LogP contribution in [0.15, 0.2) is 217 Å². The van der Waals surface area contributed by atoms with E-state index in [9.17, 15) is 0 Å². The molecule has 0 radical (unpaired) electrons. The second kappa shape index (κ2) is 12.7. The normalized spacial score (nSPS) is 12.2. The monoisotopic (exact) mass is 785 g/mol. The molecule has 2 heterocycles. The summed E-state index contributed by atoms with van der Waals surface area (Å²) in [6, 6.07) is 78.0. The van der Waals surface area contributed by atoms with Crippen LogP contribution in [0.2, 0.25) is 0 Å². The Kier molecular flexibility index (Phi) is 6.86. The number of aromatic nitrogens is 1. The Morgan fingerprint density at radius 1 is 0.242 bits per heavy atom. The summed E-state index contributed by atoms with van der Waals surface area (Å²) >= 11 is 0. The number of hydrogen-bond acceptors (Lipinski definition) is 1.